The van der Waals surface area contributed by atoms with Crippen molar-refractivity contribution in [2.24, 2.45) is 0 Å². The minimum atomic E-state index is -4.08. The Bertz CT molecular complexity index is 523. The third-order valence-electron chi connectivity index (χ3n) is 2.41. The predicted molar refractivity (Wildman–Crippen MR) is 64.4 cm³/mol. The van der Waals surface area contributed by atoms with E-state index in [-0.39, 0.29) is 5.56 Å². The summed E-state index contributed by atoms with van der Waals surface area (Å²) in [6, 6.07) is 6.89. The van der Waals surface area contributed by atoms with Crippen LogP contribution in [0.3, 0.4) is 0 Å². The lowest BCUT2D eigenvalue weighted by atomic mass is 10.1. The molecule has 17 heavy (non-hydrogen) atoms. The van der Waals surface area contributed by atoms with Crippen LogP contribution in [-0.4, -0.2) is 12.3 Å². The van der Waals surface area contributed by atoms with E-state index in [1.807, 2.05) is 0 Å². The van der Waals surface area contributed by atoms with Gasteiger partial charge in [-0.15, -0.1) is 11.3 Å². The van der Waals surface area contributed by atoms with Gasteiger partial charge in [-0.25, -0.2) is 8.78 Å². The third-order valence-corrected chi connectivity index (χ3v) is 4.50. The van der Waals surface area contributed by atoms with Crippen molar-refractivity contribution in [2.75, 3.05) is 0 Å². The zero-order valence-corrected chi connectivity index (χ0v) is 10.7. The first-order valence-corrected chi connectivity index (χ1v) is 6.50. The third kappa shape index (κ3) is 2.20. The van der Waals surface area contributed by atoms with E-state index in [9.17, 15) is 17.6 Å². The van der Waals surface area contributed by atoms with Crippen molar-refractivity contribution in [2.45, 2.75) is 17.2 Å². The van der Waals surface area contributed by atoms with Gasteiger partial charge in [0.2, 0.25) is 0 Å². The Morgan fingerprint density at radius 1 is 1.18 bits per heavy atom. The first kappa shape index (κ1) is 12.8. The van der Waals surface area contributed by atoms with Gasteiger partial charge in [-0.3, -0.25) is 0 Å². The van der Waals surface area contributed by atoms with Gasteiger partial charge in [0.1, 0.15) is 4.83 Å². The minimum absolute atomic E-state index is 0.205. The van der Waals surface area contributed by atoms with Gasteiger partial charge in [0.15, 0.2) is 0 Å². The van der Waals surface area contributed by atoms with E-state index >= 15 is 0 Å². The Hall–Kier alpha value is -0.620. The lowest BCUT2D eigenvalue weighted by Crippen LogP contribution is -2.31. The number of benzene rings is 1. The molecule has 92 valence electrons. The molecule has 1 aromatic carbocycles. The summed E-state index contributed by atoms with van der Waals surface area (Å²) in [4.78, 5) is -1.67. The molecule has 0 amide bonds. The van der Waals surface area contributed by atoms with Gasteiger partial charge in [-0.05, 0) is 22.4 Å². The molecule has 0 radical (unpaired) electrons. The van der Waals surface area contributed by atoms with E-state index in [0.717, 1.165) is 4.70 Å². The van der Waals surface area contributed by atoms with Crippen LogP contribution in [0.2, 0.25) is 0 Å². The molecule has 0 fully saturated rings. The van der Waals surface area contributed by atoms with E-state index in [1.54, 1.807) is 24.3 Å². The number of rotatable bonds is 3. The molecule has 0 aliphatic carbocycles. The van der Waals surface area contributed by atoms with Crippen LogP contribution >= 0.6 is 27.3 Å². The maximum Gasteiger partial charge on any atom is 0.323 e. The van der Waals surface area contributed by atoms with Crippen LogP contribution in [0, 0.1) is 0 Å². The number of alkyl halides is 5. The highest BCUT2D eigenvalue weighted by Gasteiger charge is 2.48. The summed E-state index contributed by atoms with van der Waals surface area (Å²) in [6.45, 7) is 0. The van der Waals surface area contributed by atoms with Crippen molar-refractivity contribution in [3.63, 3.8) is 0 Å². The molecule has 0 N–H and O–H groups in total. The van der Waals surface area contributed by atoms with E-state index in [2.05, 4.69) is 15.9 Å². The molecule has 0 saturated heterocycles. The van der Waals surface area contributed by atoms with Gasteiger partial charge >= 0.3 is 12.3 Å². The smallest absolute Gasteiger partial charge is 0.204 e. The highest BCUT2D eigenvalue weighted by molar-refractivity contribution is 9.09. The lowest BCUT2D eigenvalue weighted by molar-refractivity contribution is -0.127. The molecule has 0 bridgehead atoms. The van der Waals surface area contributed by atoms with Crippen molar-refractivity contribution < 1.29 is 17.6 Å². The highest BCUT2D eigenvalue weighted by Crippen LogP contribution is 2.46. The molecule has 0 saturated carbocycles. The molecule has 2 aromatic rings. The Kier molecular flexibility index (Phi) is 3.45. The van der Waals surface area contributed by atoms with Gasteiger partial charge in [0, 0.05) is 4.70 Å². The topological polar surface area (TPSA) is 0 Å². The summed E-state index contributed by atoms with van der Waals surface area (Å²) in [5.41, 5.74) is 0.205. The van der Waals surface area contributed by atoms with Gasteiger partial charge < -0.3 is 0 Å². The Morgan fingerprint density at radius 3 is 2.47 bits per heavy atom. The number of fused-ring (bicyclic) bond motifs is 1. The van der Waals surface area contributed by atoms with Crippen LogP contribution in [0.15, 0.2) is 29.6 Å². The van der Waals surface area contributed by atoms with Crippen molar-refractivity contribution >= 4 is 37.4 Å². The largest absolute Gasteiger partial charge is 0.323 e. The number of halogens is 5. The standard InChI is InChI=1S/C11H7BrF4S/c12-9(11(15,16)10(13)14)7-5-17-8-4-2-1-3-6(7)8/h1-5,9-10H. The minimum Gasteiger partial charge on any atom is -0.204 e. The fraction of sp³-hybridized carbons (Fsp3) is 0.273. The molecule has 0 aliphatic rings. The van der Waals surface area contributed by atoms with E-state index in [4.69, 9.17) is 0 Å². The number of hydrogen-bond donors (Lipinski definition) is 0. The Balaban J connectivity index is 2.47. The van der Waals surface area contributed by atoms with Crippen LogP contribution in [0.5, 0.6) is 0 Å². The van der Waals surface area contributed by atoms with Crippen LogP contribution in [0.4, 0.5) is 17.6 Å². The lowest BCUT2D eigenvalue weighted by Gasteiger charge is -2.21. The zero-order valence-electron chi connectivity index (χ0n) is 8.34. The molecule has 6 heteroatoms. The first-order valence-electron chi connectivity index (χ1n) is 4.70. The quantitative estimate of drug-likeness (QED) is 0.534. The Morgan fingerprint density at radius 2 is 1.82 bits per heavy atom. The van der Waals surface area contributed by atoms with E-state index in [1.165, 1.54) is 16.7 Å². The van der Waals surface area contributed by atoms with Crippen LogP contribution in [-0.2, 0) is 0 Å². The predicted octanol–water partition coefficient (Wildman–Crippen LogP) is 5.24. The second-order valence-corrected chi connectivity index (χ2v) is 5.35. The SMILES string of the molecule is FC(F)C(F)(F)C(Br)c1csc2ccccc12. The molecule has 0 nitrogen and oxygen atoms in total. The van der Waals surface area contributed by atoms with Crippen molar-refractivity contribution in [1.82, 2.24) is 0 Å². The second-order valence-electron chi connectivity index (χ2n) is 3.52. The van der Waals surface area contributed by atoms with Crippen LogP contribution in [0.25, 0.3) is 10.1 Å². The first-order chi connectivity index (χ1) is 7.94. The summed E-state index contributed by atoms with van der Waals surface area (Å²) < 4.78 is 51.8. The van der Waals surface area contributed by atoms with E-state index in [0.29, 0.717) is 5.39 Å². The normalized spacial score (nSPS) is 14.5. The average Bonchev–Trinajstić information content (AvgIpc) is 2.71. The molecule has 0 spiro atoms. The molecular formula is C11H7BrF4S. The van der Waals surface area contributed by atoms with Gasteiger partial charge in [-0.2, -0.15) is 8.78 Å². The number of hydrogen-bond acceptors (Lipinski definition) is 1. The maximum atomic E-state index is 13.2. The Labute approximate surface area is 107 Å². The van der Waals surface area contributed by atoms with Crippen molar-refractivity contribution in [1.29, 1.82) is 0 Å². The molecular weight excluding hydrogens is 320 g/mol. The summed E-state index contributed by atoms with van der Waals surface area (Å²) in [6.07, 6.45) is -3.69. The average molecular weight is 327 g/mol. The molecule has 1 aromatic heterocycles. The van der Waals surface area contributed by atoms with Gasteiger partial charge in [0.25, 0.3) is 0 Å². The summed E-state index contributed by atoms with van der Waals surface area (Å²) in [7, 11) is 0. The fourth-order valence-corrected chi connectivity index (χ4v) is 3.25. The van der Waals surface area contributed by atoms with Gasteiger partial charge in [0.05, 0.1) is 0 Å². The van der Waals surface area contributed by atoms with Crippen LogP contribution < -0.4 is 0 Å². The van der Waals surface area contributed by atoms with E-state index < -0.39 is 17.2 Å². The zero-order chi connectivity index (χ0) is 12.6. The summed E-state index contributed by atoms with van der Waals surface area (Å²) >= 11 is 3.95. The molecule has 1 atom stereocenters. The molecule has 0 aliphatic heterocycles. The maximum absolute atomic E-state index is 13.2. The summed E-state index contributed by atoms with van der Waals surface area (Å²) in [5.74, 6) is -4.08. The molecule has 2 rings (SSSR count). The van der Waals surface area contributed by atoms with Gasteiger partial charge in [-0.1, -0.05) is 34.1 Å². The monoisotopic (exact) mass is 326 g/mol. The number of thiophene rings is 1. The van der Waals surface area contributed by atoms with Crippen LogP contribution in [0.1, 0.15) is 10.4 Å². The highest BCUT2D eigenvalue weighted by atomic mass is 79.9. The molecule has 1 unspecified atom stereocenters. The fourth-order valence-electron chi connectivity index (χ4n) is 1.51. The molecule has 1 heterocycles. The second kappa shape index (κ2) is 4.57. The van der Waals surface area contributed by atoms with Crippen molar-refractivity contribution in [3.05, 3.63) is 35.2 Å². The van der Waals surface area contributed by atoms with Crippen molar-refractivity contribution in [3.8, 4) is 0 Å². The summed E-state index contributed by atoms with van der Waals surface area (Å²) in [5, 5.41) is 2.07.